The second-order valence-electron chi connectivity index (χ2n) is 5.09. The molecule has 3 rings (SSSR count). The van der Waals surface area contributed by atoms with Crippen LogP contribution >= 0.6 is 0 Å². The van der Waals surface area contributed by atoms with Gasteiger partial charge in [0.05, 0.1) is 17.9 Å². The molecule has 0 aliphatic carbocycles. The summed E-state index contributed by atoms with van der Waals surface area (Å²) < 4.78 is 10.7. The number of hydrogen-bond acceptors (Lipinski definition) is 4. The van der Waals surface area contributed by atoms with E-state index in [9.17, 15) is 0 Å². The number of ether oxygens (including phenoxy) is 1. The first kappa shape index (κ1) is 12.2. The second-order valence-corrected chi connectivity index (χ2v) is 5.09. The fourth-order valence-electron chi connectivity index (χ4n) is 2.56. The largest absolute Gasteiger partial charge is 0.381 e. The molecule has 1 unspecified atom stereocenters. The van der Waals surface area contributed by atoms with Crippen molar-refractivity contribution in [3.05, 3.63) is 35.5 Å². The lowest BCUT2D eigenvalue weighted by molar-refractivity contribution is 0.0785. The van der Waals surface area contributed by atoms with Crippen LogP contribution in [0.4, 0.5) is 5.88 Å². The standard InChI is InChI=1S/C15H18N2O2/c1-10-4-6-11(7-5-10)13-14(17-19-15(13)16)12-3-2-8-18-9-12/h4-7,12H,2-3,8-9,16H2,1H3. The molecule has 1 aliphatic rings. The minimum Gasteiger partial charge on any atom is -0.381 e. The van der Waals surface area contributed by atoms with E-state index in [4.69, 9.17) is 15.0 Å². The Morgan fingerprint density at radius 1 is 1.26 bits per heavy atom. The maximum absolute atomic E-state index is 5.95. The normalized spacial score (nSPS) is 19.5. The van der Waals surface area contributed by atoms with E-state index in [2.05, 4.69) is 36.3 Å². The van der Waals surface area contributed by atoms with Crippen molar-refractivity contribution in [1.82, 2.24) is 5.16 Å². The Labute approximate surface area is 112 Å². The van der Waals surface area contributed by atoms with Gasteiger partial charge in [0.1, 0.15) is 0 Å². The average Bonchev–Trinajstić information content (AvgIpc) is 2.83. The lowest BCUT2D eigenvalue weighted by Gasteiger charge is -2.20. The van der Waals surface area contributed by atoms with E-state index < -0.39 is 0 Å². The first-order chi connectivity index (χ1) is 9.25. The van der Waals surface area contributed by atoms with Crippen LogP contribution in [0, 0.1) is 6.92 Å². The minimum atomic E-state index is 0.283. The van der Waals surface area contributed by atoms with Gasteiger partial charge in [-0.2, -0.15) is 0 Å². The van der Waals surface area contributed by atoms with Crippen molar-refractivity contribution in [2.45, 2.75) is 25.7 Å². The number of hydrogen-bond donors (Lipinski definition) is 1. The van der Waals surface area contributed by atoms with Gasteiger partial charge in [0.15, 0.2) is 0 Å². The van der Waals surface area contributed by atoms with Gasteiger partial charge in [-0.15, -0.1) is 0 Å². The second kappa shape index (κ2) is 5.05. The quantitative estimate of drug-likeness (QED) is 0.899. The molecule has 1 aliphatic heterocycles. The van der Waals surface area contributed by atoms with Crippen molar-refractivity contribution in [3.8, 4) is 11.1 Å². The minimum absolute atomic E-state index is 0.283. The van der Waals surface area contributed by atoms with Gasteiger partial charge in [-0.3, -0.25) is 0 Å². The molecule has 1 fully saturated rings. The molecule has 1 aromatic carbocycles. The van der Waals surface area contributed by atoms with E-state index in [1.807, 2.05) is 0 Å². The van der Waals surface area contributed by atoms with Gasteiger partial charge in [0, 0.05) is 12.5 Å². The van der Waals surface area contributed by atoms with Crippen molar-refractivity contribution >= 4 is 5.88 Å². The Balaban J connectivity index is 2.00. The number of anilines is 1. The van der Waals surface area contributed by atoms with Crippen LogP contribution in [-0.2, 0) is 4.74 Å². The number of rotatable bonds is 2. The summed E-state index contributed by atoms with van der Waals surface area (Å²) in [5.74, 6) is 0.676. The number of aromatic nitrogens is 1. The van der Waals surface area contributed by atoms with Crippen molar-refractivity contribution in [2.75, 3.05) is 18.9 Å². The van der Waals surface area contributed by atoms with Gasteiger partial charge >= 0.3 is 0 Å². The topological polar surface area (TPSA) is 61.3 Å². The molecule has 4 heteroatoms. The molecule has 4 nitrogen and oxygen atoms in total. The van der Waals surface area contributed by atoms with E-state index in [0.29, 0.717) is 12.5 Å². The summed E-state index contributed by atoms with van der Waals surface area (Å²) in [5, 5.41) is 4.16. The molecule has 19 heavy (non-hydrogen) atoms. The summed E-state index contributed by atoms with van der Waals surface area (Å²) in [6.45, 7) is 3.60. The van der Waals surface area contributed by atoms with Gasteiger partial charge in [-0.25, -0.2) is 0 Å². The highest BCUT2D eigenvalue weighted by Gasteiger charge is 2.25. The SMILES string of the molecule is Cc1ccc(-c2c(C3CCCOC3)noc2N)cc1. The molecule has 1 atom stereocenters. The fraction of sp³-hybridized carbons (Fsp3) is 0.400. The maximum atomic E-state index is 5.95. The summed E-state index contributed by atoms with van der Waals surface area (Å²) in [6, 6.07) is 8.27. The Kier molecular flexibility index (Phi) is 3.25. The first-order valence-corrected chi connectivity index (χ1v) is 6.65. The van der Waals surface area contributed by atoms with Gasteiger partial charge in [0.25, 0.3) is 0 Å². The average molecular weight is 258 g/mol. The Morgan fingerprint density at radius 2 is 2.05 bits per heavy atom. The molecule has 0 radical (unpaired) electrons. The van der Waals surface area contributed by atoms with E-state index >= 15 is 0 Å². The monoisotopic (exact) mass is 258 g/mol. The van der Waals surface area contributed by atoms with Gasteiger partial charge < -0.3 is 15.0 Å². The molecule has 2 N–H and O–H groups in total. The highest BCUT2D eigenvalue weighted by molar-refractivity contribution is 5.75. The molecule has 1 saturated heterocycles. The lowest BCUT2D eigenvalue weighted by atomic mass is 9.92. The third-order valence-electron chi connectivity index (χ3n) is 3.63. The zero-order chi connectivity index (χ0) is 13.2. The third-order valence-corrected chi connectivity index (χ3v) is 3.63. The number of benzene rings is 1. The number of nitrogen functional groups attached to an aromatic ring is 1. The van der Waals surface area contributed by atoms with Crippen LogP contribution in [0.15, 0.2) is 28.8 Å². The van der Waals surface area contributed by atoms with E-state index in [0.717, 1.165) is 36.3 Å². The van der Waals surface area contributed by atoms with Crippen LogP contribution in [-0.4, -0.2) is 18.4 Å². The predicted molar refractivity (Wildman–Crippen MR) is 73.9 cm³/mol. The molecule has 0 amide bonds. The van der Waals surface area contributed by atoms with Crippen molar-refractivity contribution in [1.29, 1.82) is 0 Å². The van der Waals surface area contributed by atoms with Crippen molar-refractivity contribution < 1.29 is 9.26 Å². The van der Waals surface area contributed by atoms with Crippen LogP contribution in [0.2, 0.25) is 0 Å². The number of nitrogens with two attached hydrogens (primary N) is 1. The lowest BCUT2D eigenvalue weighted by Crippen LogP contribution is -2.16. The Morgan fingerprint density at radius 3 is 2.74 bits per heavy atom. The smallest absolute Gasteiger partial charge is 0.230 e. The van der Waals surface area contributed by atoms with Crippen LogP contribution in [0.5, 0.6) is 0 Å². The molecule has 1 aromatic heterocycles. The zero-order valence-corrected chi connectivity index (χ0v) is 11.1. The molecule has 100 valence electrons. The summed E-state index contributed by atoms with van der Waals surface area (Å²) in [4.78, 5) is 0. The summed E-state index contributed by atoms with van der Waals surface area (Å²) in [6.07, 6.45) is 2.13. The molecular weight excluding hydrogens is 240 g/mol. The highest BCUT2D eigenvalue weighted by atomic mass is 16.5. The molecule has 2 aromatic rings. The molecular formula is C15H18N2O2. The highest BCUT2D eigenvalue weighted by Crippen LogP contribution is 2.36. The molecule has 0 bridgehead atoms. The van der Waals surface area contributed by atoms with Crippen molar-refractivity contribution in [3.63, 3.8) is 0 Å². The number of aryl methyl sites for hydroxylation is 1. The summed E-state index contributed by atoms with van der Waals surface area (Å²) >= 11 is 0. The molecule has 0 saturated carbocycles. The Bertz CT molecular complexity index is 554. The molecule has 0 spiro atoms. The third kappa shape index (κ3) is 2.36. The van der Waals surface area contributed by atoms with E-state index in [1.54, 1.807) is 0 Å². The molecule has 2 heterocycles. The van der Waals surface area contributed by atoms with Gasteiger partial charge in [-0.1, -0.05) is 35.0 Å². The number of nitrogens with zero attached hydrogens (tertiary/aromatic N) is 1. The zero-order valence-electron chi connectivity index (χ0n) is 11.1. The van der Waals surface area contributed by atoms with Crippen molar-refractivity contribution in [2.24, 2.45) is 0 Å². The van der Waals surface area contributed by atoms with Gasteiger partial charge in [0.2, 0.25) is 5.88 Å². The fourth-order valence-corrected chi connectivity index (χ4v) is 2.56. The van der Waals surface area contributed by atoms with Crippen LogP contribution in [0.3, 0.4) is 0 Å². The van der Waals surface area contributed by atoms with Crippen LogP contribution in [0.25, 0.3) is 11.1 Å². The Hall–Kier alpha value is -1.81. The maximum Gasteiger partial charge on any atom is 0.230 e. The first-order valence-electron chi connectivity index (χ1n) is 6.65. The van der Waals surface area contributed by atoms with Crippen LogP contribution < -0.4 is 5.73 Å². The summed E-state index contributed by atoms with van der Waals surface area (Å²) in [7, 11) is 0. The predicted octanol–water partition coefficient (Wildman–Crippen LogP) is 3.13. The summed E-state index contributed by atoms with van der Waals surface area (Å²) in [5.41, 5.74) is 10.1. The van der Waals surface area contributed by atoms with Crippen LogP contribution in [0.1, 0.15) is 30.0 Å². The van der Waals surface area contributed by atoms with E-state index in [-0.39, 0.29) is 5.92 Å². The van der Waals surface area contributed by atoms with E-state index in [1.165, 1.54) is 5.56 Å². The van der Waals surface area contributed by atoms with Gasteiger partial charge in [-0.05, 0) is 25.3 Å².